The predicted octanol–water partition coefficient (Wildman–Crippen LogP) is 3.11. The van der Waals surface area contributed by atoms with Gasteiger partial charge < -0.3 is 20.4 Å². The van der Waals surface area contributed by atoms with Gasteiger partial charge in [0.15, 0.2) is 0 Å². The van der Waals surface area contributed by atoms with E-state index in [0.717, 1.165) is 0 Å². The maximum atomic E-state index is 13.0. The molecule has 2 atom stereocenters. The van der Waals surface area contributed by atoms with Crippen LogP contribution in [0.5, 0.6) is 0 Å². The van der Waals surface area contributed by atoms with Crippen LogP contribution in [0, 0.1) is 0 Å². The Morgan fingerprint density at radius 3 is 2.29 bits per heavy atom. The number of nitrogens with one attached hydrogen (secondary N) is 1. The molecule has 1 heterocycles. The van der Waals surface area contributed by atoms with Crippen molar-refractivity contribution in [3.8, 4) is 0 Å². The van der Waals surface area contributed by atoms with Gasteiger partial charge in [0.2, 0.25) is 5.91 Å². The van der Waals surface area contributed by atoms with Crippen LogP contribution in [0.2, 0.25) is 5.02 Å². The fourth-order valence-corrected chi connectivity index (χ4v) is 4.17. The fourth-order valence-electron chi connectivity index (χ4n) is 4.04. The van der Waals surface area contributed by atoms with E-state index >= 15 is 0 Å². The second-order valence-corrected chi connectivity index (χ2v) is 9.52. The molecule has 166 valence electrons. The number of carbonyl (C=O) groups excluding carboxylic acids is 2. The van der Waals surface area contributed by atoms with Gasteiger partial charge in [0.05, 0.1) is 6.54 Å². The van der Waals surface area contributed by atoms with Crippen LogP contribution in [0.1, 0.15) is 49.5 Å². The van der Waals surface area contributed by atoms with Crippen molar-refractivity contribution in [1.82, 2.24) is 10.2 Å². The van der Waals surface area contributed by atoms with Gasteiger partial charge in [-0.25, -0.2) is 0 Å². The van der Waals surface area contributed by atoms with E-state index in [1.165, 1.54) is 6.92 Å². The first-order chi connectivity index (χ1) is 14.4. The average Bonchev–Trinajstić information content (AvgIpc) is 2.70. The van der Waals surface area contributed by atoms with E-state index in [0.29, 0.717) is 16.1 Å². The molecule has 1 aliphatic heterocycles. The molecule has 2 aromatic rings. The summed E-state index contributed by atoms with van der Waals surface area (Å²) >= 11 is 5.94. The zero-order valence-electron chi connectivity index (χ0n) is 18.1. The summed E-state index contributed by atoms with van der Waals surface area (Å²) in [6, 6.07) is 15.5. The van der Waals surface area contributed by atoms with Gasteiger partial charge in [0, 0.05) is 35.5 Å². The third-order valence-corrected chi connectivity index (χ3v) is 6.14. The van der Waals surface area contributed by atoms with Crippen LogP contribution in [0.15, 0.2) is 54.6 Å². The fraction of sp³-hybridized carbons (Fsp3) is 0.417. The second kappa shape index (κ2) is 8.61. The van der Waals surface area contributed by atoms with Crippen LogP contribution < -0.4 is 5.32 Å². The number of aliphatic hydroxyl groups is 2. The Labute approximate surface area is 187 Å². The molecule has 3 N–H and O–H groups in total. The average molecular weight is 445 g/mol. The molecular formula is C24H29ClN2O4. The van der Waals surface area contributed by atoms with Crippen molar-refractivity contribution in [3.05, 3.63) is 70.7 Å². The van der Waals surface area contributed by atoms with E-state index in [2.05, 4.69) is 5.32 Å². The van der Waals surface area contributed by atoms with Gasteiger partial charge in [-0.05, 0) is 50.6 Å². The summed E-state index contributed by atoms with van der Waals surface area (Å²) in [6.07, 6.45) is 0.255. The highest BCUT2D eigenvalue weighted by molar-refractivity contribution is 6.30. The van der Waals surface area contributed by atoms with Crippen molar-refractivity contribution in [3.63, 3.8) is 0 Å². The van der Waals surface area contributed by atoms with Crippen molar-refractivity contribution < 1.29 is 19.8 Å². The Morgan fingerprint density at radius 2 is 1.71 bits per heavy atom. The SMILES string of the molecule is CC(C)(CC(=O)N1CC[C@](O)(c2ccc(Cl)cc2)[C@@](C)(O)C1)NC(=O)c1ccccc1. The topological polar surface area (TPSA) is 89.9 Å². The normalized spacial score (nSPS) is 24.0. The molecule has 0 bridgehead atoms. The van der Waals surface area contributed by atoms with Gasteiger partial charge in [-0.2, -0.15) is 0 Å². The van der Waals surface area contributed by atoms with Crippen LogP contribution in [0.4, 0.5) is 0 Å². The lowest BCUT2D eigenvalue weighted by Crippen LogP contribution is -2.63. The predicted molar refractivity (Wildman–Crippen MR) is 120 cm³/mol. The molecule has 0 spiro atoms. The summed E-state index contributed by atoms with van der Waals surface area (Å²) in [5.41, 5.74) is -2.74. The molecular weight excluding hydrogens is 416 g/mol. The van der Waals surface area contributed by atoms with Gasteiger partial charge in [-0.1, -0.05) is 41.9 Å². The molecule has 2 amide bonds. The van der Waals surface area contributed by atoms with Gasteiger partial charge in [-0.3, -0.25) is 9.59 Å². The number of benzene rings is 2. The molecule has 1 fully saturated rings. The molecule has 0 aromatic heterocycles. The molecule has 3 rings (SSSR count). The second-order valence-electron chi connectivity index (χ2n) is 9.09. The monoisotopic (exact) mass is 444 g/mol. The molecule has 0 radical (unpaired) electrons. The minimum atomic E-state index is -1.55. The van der Waals surface area contributed by atoms with Crippen molar-refractivity contribution in [2.75, 3.05) is 13.1 Å². The Morgan fingerprint density at radius 1 is 1.10 bits per heavy atom. The highest BCUT2D eigenvalue weighted by atomic mass is 35.5. The van der Waals surface area contributed by atoms with Crippen molar-refractivity contribution >= 4 is 23.4 Å². The third kappa shape index (κ3) is 5.09. The summed E-state index contributed by atoms with van der Waals surface area (Å²) in [7, 11) is 0. The number of hydrogen-bond donors (Lipinski definition) is 3. The number of β-amino-alcohol motifs (C(OH)–C–C–N with tert-alkyl or cyclic N) is 1. The molecule has 0 unspecified atom stereocenters. The van der Waals surface area contributed by atoms with E-state index in [-0.39, 0.29) is 37.7 Å². The van der Waals surface area contributed by atoms with Crippen LogP contribution in [0.3, 0.4) is 0 Å². The maximum absolute atomic E-state index is 13.0. The molecule has 6 nitrogen and oxygen atoms in total. The smallest absolute Gasteiger partial charge is 0.251 e. The van der Waals surface area contributed by atoms with E-state index < -0.39 is 16.7 Å². The number of piperidine rings is 1. The Hall–Kier alpha value is -2.41. The largest absolute Gasteiger partial charge is 0.385 e. The number of carbonyl (C=O) groups is 2. The molecule has 0 saturated carbocycles. The van der Waals surface area contributed by atoms with Crippen molar-refractivity contribution in [2.45, 2.75) is 50.4 Å². The van der Waals surface area contributed by atoms with Gasteiger partial charge in [0.25, 0.3) is 5.91 Å². The summed E-state index contributed by atoms with van der Waals surface area (Å²) < 4.78 is 0. The Bertz CT molecular complexity index is 944. The number of nitrogens with zero attached hydrogens (tertiary/aromatic N) is 1. The molecule has 0 aliphatic carbocycles. The summed E-state index contributed by atoms with van der Waals surface area (Å²) in [5.74, 6) is -0.446. The van der Waals surface area contributed by atoms with Crippen molar-refractivity contribution in [2.24, 2.45) is 0 Å². The number of halogens is 1. The van der Waals surface area contributed by atoms with Crippen LogP contribution in [-0.2, 0) is 10.4 Å². The van der Waals surface area contributed by atoms with Crippen LogP contribution in [0.25, 0.3) is 0 Å². The zero-order valence-corrected chi connectivity index (χ0v) is 18.8. The molecule has 31 heavy (non-hydrogen) atoms. The minimum Gasteiger partial charge on any atom is -0.385 e. The number of likely N-dealkylation sites (tertiary alicyclic amines) is 1. The summed E-state index contributed by atoms with van der Waals surface area (Å²) in [6.45, 7) is 5.38. The number of hydrogen-bond acceptors (Lipinski definition) is 4. The first-order valence-electron chi connectivity index (χ1n) is 10.3. The van der Waals surface area contributed by atoms with Gasteiger partial charge >= 0.3 is 0 Å². The van der Waals surface area contributed by atoms with Crippen LogP contribution in [-0.4, -0.2) is 51.2 Å². The number of amides is 2. The maximum Gasteiger partial charge on any atom is 0.251 e. The Balaban J connectivity index is 1.66. The highest BCUT2D eigenvalue weighted by Crippen LogP contribution is 2.40. The molecule has 1 aliphatic rings. The van der Waals surface area contributed by atoms with E-state index in [4.69, 9.17) is 11.6 Å². The third-order valence-electron chi connectivity index (χ3n) is 5.89. The standard InChI is InChI=1S/C24H29ClN2O4/c1-22(2,26-21(29)17-7-5-4-6-8-17)15-20(28)27-14-13-24(31,23(3,30)16-27)18-9-11-19(25)12-10-18/h4-12,30-31H,13-16H2,1-3H3,(H,26,29)/t23-,24-/m0/s1. The lowest BCUT2D eigenvalue weighted by Gasteiger charge is -2.49. The van der Waals surface area contributed by atoms with E-state index in [9.17, 15) is 19.8 Å². The molecule has 2 aromatic carbocycles. The molecule has 7 heteroatoms. The summed E-state index contributed by atoms with van der Waals surface area (Å²) in [5, 5.41) is 25.8. The van der Waals surface area contributed by atoms with Gasteiger partial charge in [0.1, 0.15) is 11.2 Å². The first-order valence-corrected chi connectivity index (χ1v) is 10.7. The van der Waals surface area contributed by atoms with E-state index in [1.54, 1.807) is 67.3 Å². The van der Waals surface area contributed by atoms with Gasteiger partial charge in [-0.15, -0.1) is 0 Å². The lowest BCUT2D eigenvalue weighted by atomic mass is 9.73. The zero-order chi connectivity index (χ0) is 22.9. The number of rotatable bonds is 5. The molecule has 1 saturated heterocycles. The minimum absolute atomic E-state index is 0.0202. The van der Waals surface area contributed by atoms with Crippen LogP contribution >= 0.6 is 11.6 Å². The van der Waals surface area contributed by atoms with Crippen molar-refractivity contribution in [1.29, 1.82) is 0 Å². The lowest BCUT2D eigenvalue weighted by molar-refractivity contribution is -0.191. The first kappa shape index (κ1) is 23.3. The highest BCUT2D eigenvalue weighted by Gasteiger charge is 2.51. The van der Waals surface area contributed by atoms with E-state index in [1.807, 2.05) is 6.07 Å². The summed E-state index contributed by atoms with van der Waals surface area (Å²) in [4.78, 5) is 27.0. The quantitative estimate of drug-likeness (QED) is 0.661. The Kier molecular flexibility index (Phi) is 6.46.